The van der Waals surface area contributed by atoms with Gasteiger partial charge in [-0.1, -0.05) is 253 Å². The minimum Gasteiger partial charge on any atom is -0.462 e. The maximum absolute atomic E-state index is 12.9. The summed E-state index contributed by atoms with van der Waals surface area (Å²) >= 11 is 0. The van der Waals surface area contributed by atoms with Gasteiger partial charge in [0.2, 0.25) is 0 Å². The molecule has 0 spiro atoms. The lowest BCUT2D eigenvalue weighted by molar-refractivity contribution is -0.161. The van der Waals surface area contributed by atoms with Gasteiger partial charge < -0.3 is 33.8 Å². The molecule has 0 heterocycles. The maximum Gasteiger partial charge on any atom is 0.472 e. The van der Waals surface area contributed by atoms with Gasteiger partial charge in [-0.05, 0) is 31.6 Å². The summed E-state index contributed by atoms with van der Waals surface area (Å²) in [7, 11) is -9.87. The summed E-state index contributed by atoms with van der Waals surface area (Å²) in [5.41, 5.74) is 0. The fourth-order valence-corrected chi connectivity index (χ4v) is 10.6. The summed E-state index contributed by atoms with van der Waals surface area (Å²) in [6, 6.07) is 0. The zero-order chi connectivity index (χ0) is 59.2. The lowest BCUT2D eigenvalue weighted by Crippen LogP contribution is -2.30. The molecule has 0 bridgehead atoms. The molecular formula is C61H118O17P2. The van der Waals surface area contributed by atoms with Gasteiger partial charge in [0.05, 0.1) is 26.4 Å². The number of aliphatic hydroxyl groups excluding tert-OH is 1. The molecule has 5 atom stereocenters. The number of esters is 4. The Bertz CT molecular complexity index is 1570. The number of carbonyl (C=O) groups is 4. The first-order chi connectivity index (χ1) is 38.5. The van der Waals surface area contributed by atoms with Crippen molar-refractivity contribution in [3.8, 4) is 0 Å². The zero-order valence-electron chi connectivity index (χ0n) is 51.2. The van der Waals surface area contributed by atoms with Gasteiger partial charge in [-0.25, -0.2) is 9.13 Å². The van der Waals surface area contributed by atoms with Crippen LogP contribution in [0.3, 0.4) is 0 Å². The molecule has 0 saturated heterocycles. The summed E-state index contributed by atoms with van der Waals surface area (Å²) < 4.78 is 67.7. The van der Waals surface area contributed by atoms with Crippen LogP contribution in [0.1, 0.15) is 304 Å². The van der Waals surface area contributed by atoms with Crippen LogP contribution in [-0.2, 0) is 65.4 Å². The Kier molecular flexibility index (Phi) is 53.6. The third-order valence-corrected chi connectivity index (χ3v) is 15.9. The van der Waals surface area contributed by atoms with Crippen LogP contribution >= 0.6 is 15.6 Å². The average molecular weight is 1190 g/mol. The number of carbonyl (C=O) groups excluding carboxylic acids is 4. The molecule has 0 aromatic carbocycles. The Hall–Kier alpha value is -1.94. The highest BCUT2D eigenvalue weighted by atomic mass is 31.2. The molecule has 2 unspecified atom stereocenters. The van der Waals surface area contributed by atoms with E-state index >= 15 is 0 Å². The third-order valence-electron chi connectivity index (χ3n) is 14.0. The predicted molar refractivity (Wildman–Crippen MR) is 317 cm³/mol. The van der Waals surface area contributed by atoms with Crippen molar-refractivity contribution in [1.82, 2.24) is 0 Å². The normalized spacial score (nSPS) is 14.3. The first kappa shape index (κ1) is 78.1. The first-order valence-electron chi connectivity index (χ1n) is 32.1. The number of unbranched alkanes of at least 4 members (excludes halogenated alkanes) is 33. The second-order valence-electron chi connectivity index (χ2n) is 22.6. The summed E-state index contributed by atoms with van der Waals surface area (Å²) in [6.07, 6.45) is 37.7. The topological polar surface area (TPSA) is 237 Å². The van der Waals surface area contributed by atoms with Crippen LogP contribution in [0.5, 0.6) is 0 Å². The Morgan fingerprint density at radius 1 is 0.338 bits per heavy atom. The Labute approximate surface area is 486 Å². The molecule has 0 aliphatic rings. The molecule has 0 aliphatic carbocycles. The highest BCUT2D eigenvalue weighted by Gasteiger charge is 2.30. The van der Waals surface area contributed by atoms with E-state index in [1.807, 2.05) is 0 Å². The van der Waals surface area contributed by atoms with Crippen molar-refractivity contribution in [2.75, 3.05) is 39.6 Å². The summed E-state index contributed by atoms with van der Waals surface area (Å²) in [4.78, 5) is 71.9. The van der Waals surface area contributed by atoms with Crippen LogP contribution in [0.4, 0.5) is 0 Å². The lowest BCUT2D eigenvalue weighted by Gasteiger charge is -2.21. The number of hydrogen-bond donors (Lipinski definition) is 3. The largest absolute Gasteiger partial charge is 0.472 e. The molecule has 0 rings (SSSR count). The van der Waals surface area contributed by atoms with Crippen LogP contribution in [0.2, 0.25) is 0 Å². The molecule has 0 fully saturated rings. The van der Waals surface area contributed by atoms with E-state index in [-0.39, 0.29) is 25.7 Å². The maximum atomic E-state index is 12.9. The first-order valence-corrected chi connectivity index (χ1v) is 35.1. The molecule has 17 nitrogen and oxygen atoms in total. The van der Waals surface area contributed by atoms with Crippen molar-refractivity contribution >= 4 is 39.5 Å². The summed E-state index contributed by atoms with van der Waals surface area (Å²) in [5, 5.41) is 10.5. The SMILES string of the molecule is CCCCCCCCCCCCCCCC(=O)O[C@H](COC(=O)CCCCCCCCCCCC(C)C)COP(=O)(O)OC[C@@H](O)COP(=O)(O)OC[C@@H](COC(=O)CCCCCCCCC)OC(=O)CCCCCCCCCC. The van der Waals surface area contributed by atoms with Crippen LogP contribution in [-0.4, -0.2) is 96.7 Å². The zero-order valence-corrected chi connectivity index (χ0v) is 53.0. The molecule has 0 saturated carbocycles. The van der Waals surface area contributed by atoms with E-state index < -0.39 is 97.5 Å². The number of rotatable bonds is 61. The highest BCUT2D eigenvalue weighted by Crippen LogP contribution is 2.45. The molecule has 0 aliphatic heterocycles. The monoisotopic (exact) mass is 1180 g/mol. The number of hydrogen-bond acceptors (Lipinski definition) is 15. The van der Waals surface area contributed by atoms with E-state index in [1.165, 1.54) is 109 Å². The molecule has 80 heavy (non-hydrogen) atoms. The van der Waals surface area contributed by atoms with Gasteiger partial charge in [0.25, 0.3) is 0 Å². The minimum atomic E-state index is -4.94. The standard InChI is InChI=1S/C61H118O17P2/c1-6-9-12-15-18-20-21-22-23-26-32-37-42-47-61(66)78-57(51-72-59(64)45-40-35-31-27-24-25-29-33-38-43-54(4)5)53-76-80(69,70)74-49-55(62)48-73-79(67,68)75-52-56(50-71-58(63)44-39-34-28-17-14-11-8-3)77-60(65)46-41-36-30-19-16-13-10-7-2/h54-57,62H,6-53H2,1-5H3,(H,67,68)(H,69,70)/t55-,56+,57+/m0/s1. The average Bonchev–Trinajstić information content (AvgIpc) is 3.42. The second kappa shape index (κ2) is 55.0. The minimum absolute atomic E-state index is 0.104. The van der Waals surface area contributed by atoms with E-state index in [2.05, 4.69) is 34.6 Å². The molecule has 474 valence electrons. The Balaban J connectivity index is 5.20. The highest BCUT2D eigenvalue weighted by molar-refractivity contribution is 7.47. The number of aliphatic hydroxyl groups is 1. The molecule has 0 radical (unpaired) electrons. The Morgan fingerprint density at radius 3 is 0.850 bits per heavy atom. The summed E-state index contributed by atoms with van der Waals surface area (Å²) in [5.74, 6) is -1.40. The van der Waals surface area contributed by atoms with E-state index in [0.29, 0.717) is 25.7 Å². The van der Waals surface area contributed by atoms with Gasteiger partial charge in [0.1, 0.15) is 19.3 Å². The van der Waals surface area contributed by atoms with E-state index in [0.717, 1.165) is 115 Å². The smallest absolute Gasteiger partial charge is 0.462 e. The predicted octanol–water partition coefficient (Wildman–Crippen LogP) is 16.6. The number of ether oxygens (including phenoxy) is 4. The van der Waals surface area contributed by atoms with Crippen LogP contribution in [0.15, 0.2) is 0 Å². The van der Waals surface area contributed by atoms with Crippen molar-refractivity contribution < 1.29 is 80.2 Å². The van der Waals surface area contributed by atoms with Crippen molar-refractivity contribution in [2.45, 2.75) is 323 Å². The van der Waals surface area contributed by atoms with Crippen molar-refractivity contribution in [1.29, 1.82) is 0 Å². The molecule has 0 amide bonds. The van der Waals surface area contributed by atoms with E-state index in [4.69, 9.17) is 37.0 Å². The van der Waals surface area contributed by atoms with Crippen molar-refractivity contribution in [3.63, 3.8) is 0 Å². The van der Waals surface area contributed by atoms with Crippen LogP contribution < -0.4 is 0 Å². The molecule has 19 heteroatoms. The van der Waals surface area contributed by atoms with Gasteiger partial charge >= 0.3 is 39.5 Å². The number of phosphoric ester groups is 2. The third kappa shape index (κ3) is 55.3. The second-order valence-corrected chi connectivity index (χ2v) is 25.5. The fourth-order valence-electron chi connectivity index (χ4n) is 9.05. The van der Waals surface area contributed by atoms with Crippen molar-refractivity contribution in [2.24, 2.45) is 5.92 Å². The molecule has 0 aromatic heterocycles. The van der Waals surface area contributed by atoms with Gasteiger partial charge in [-0.15, -0.1) is 0 Å². The Morgan fingerprint density at radius 2 is 0.575 bits per heavy atom. The lowest BCUT2D eigenvalue weighted by atomic mass is 10.0. The van der Waals surface area contributed by atoms with Crippen LogP contribution in [0.25, 0.3) is 0 Å². The van der Waals surface area contributed by atoms with Gasteiger partial charge in [0.15, 0.2) is 12.2 Å². The van der Waals surface area contributed by atoms with E-state index in [9.17, 15) is 43.2 Å². The van der Waals surface area contributed by atoms with Crippen LogP contribution in [0, 0.1) is 5.92 Å². The molecule has 3 N–H and O–H groups in total. The van der Waals surface area contributed by atoms with Gasteiger partial charge in [-0.3, -0.25) is 37.3 Å². The quantitative estimate of drug-likeness (QED) is 0.0222. The summed E-state index contributed by atoms with van der Waals surface area (Å²) in [6.45, 7) is 7.09. The van der Waals surface area contributed by atoms with Crippen molar-refractivity contribution in [3.05, 3.63) is 0 Å². The van der Waals surface area contributed by atoms with E-state index in [1.54, 1.807) is 0 Å². The fraction of sp³-hybridized carbons (Fsp3) is 0.934. The van der Waals surface area contributed by atoms with Gasteiger partial charge in [-0.2, -0.15) is 0 Å². The number of phosphoric acid groups is 2. The van der Waals surface area contributed by atoms with Gasteiger partial charge in [0, 0.05) is 25.7 Å². The molecule has 0 aromatic rings. The molecular weight excluding hydrogens is 1070 g/mol.